The molecule has 0 aliphatic heterocycles. The molecular formula is C22H21N5OS2. The topological polar surface area (TPSA) is 85.8 Å². The van der Waals surface area contributed by atoms with Crippen LogP contribution in [-0.2, 0) is 11.2 Å². The molecule has 4 aromatic rings. The standard InChI is InChI=1S/C22H21N5OS2/c23-27-21(19-12-7-13-29-19)25-26-22(27)30-15-20(28)24-18(17-10-5-2-6-11-17)14-16-8-3-1-4-9-16/h1-13,18H,14-15,23H2,(H,24,28). The molecule has 2 aromatic heterocycles. The molecule has 3 N–H and O–H groups in total. The number of nitrogens with zero attached hydrogens (tertiary/aromatic N) is 3. The van der Waals surface area contributed by atoms with E-state index in [9.17, 15) is 4.79 Å². The lowest BCUT2D eigenvalue weighted by Crippen LogP contribution is -2.31. The van der Waals surface area contributed by atoms with Gasteiger partial charge in [0.1, 0.15) is 0 Å². The summed E-state index contributed by atoms with van der Waals surface area (Å²) in [7, 11) is 0. The normalized spacial score (nSPS) is 11.9. The predicted octanol–water partition coefficient (Wildman–Crippen LogP) is 3.91. The Bertz CT molecular complexity index is 1080. The van der Waals surface area contributed by atoms with E-state index in [1.807, 2.05) is 66.0 Å². The number of aromatic nitrogens is 3. The molecule has 6 nitrogen and oxygen atoms in total. The number of nitrogens with two attached hydrogens (primary N) is 1. The fourth-order valence-corrected chi connectivity index (χ4v) is 4.48. The highest BCUT2D eigenvalue weighted by Crippen LogP contribution is 2.25. The first-order valence-electron chi connectivity index (χ1n) is 9.46. The zero-order valence-corrected chi connectivity index (χ0v) is 17.8. The Morgan fingerprint density at radius 3 is 2.47 bits per heavy atom. The van der Waals surface area contributed by atoms with Crippen molar-refractivity contribution in [1.82, 2.24) is 20.2 Å². The van der Waals surface area contributed by atoms with Gasteiger partial charge >= 0.3 is 0 Å². The van der Waals surface area contributed by atoms with Gasteiger partial charge in [-0.25, -0.2) is 4.68 Å². The van der Waals surface area contributed by atoms with Crippen molar-refractivity contribution < 1.29 is 4.79 Å². The first-order chi connectivity index (χ1) is 14.7. The van der Waals surface area contributed by atoms with Gasteiger partial charge in [0.25, 0.3) is 0 Å². The summed E-state index contributed by atoms with van der Waals surface area (Å²) in [6.07, 6.45) is 0.719. The number of hydrogen-bond donors (Lipinski definition) is 2. The third kappa shape index (κ3) is 4.90. The van der Waals surface area contributed by atoms with Gasteiger partial charge < -0.3 is 11.2 Å². The van der Waals surface area contributed by atoms with Crippen molar-refractivity contribution in [2.24, 2.45) is 0 Å². The second-order valence-electron chi connectivity index (χ2n) is 6.66. The molecular weight excluding hydrogens is 414 g/mol. The summed E-state index contributed by atoms with van der Waals surface area (Å²) in [5, 5.41) is 13.9. The van der Waals surface area contributed by atoms with Gasteiger partial charge in [-0.3, -0.25) is 4.79 Å². The van der Waals surface area contributed by atoms with Crippen LogP contribution in [-0.4, -0.2) is 26.5 Å². The van der Waals surface area contributed by atoms with Crippen LogP contribution in [0.1, 0.15) is 17.2 Å². The summed E-state index contributed by atoms with van der Waals surface area (Å²) in [6.45, 7) is 0. The first kappa shape index (κ1) is 20.2. The molecule has 0 saturated carbocycles. The van der Waals surface area contributed by atoms with E-state index in [2.05, 4.69) is 27.6 Å². The smallest absolute Gasteiger partial charge is 0.230 e. The predicted molar refractivity (Wildman–Crippen MR) is 122 cm³/mol. The number of amides is 1. The highest BCUT2D eigenvalue weighted by atomic mass is 32.2. The number of thiophene rings is 1. The molecule has 30 heavy (non-hydrogen) atoms. The van der Waals surface area contributed by atoms with Crippen LogP contribution in [0, 0.1) is 0 Å². The van der Waals surface area contributed by atoms with Crippen molar-refractivity contribution in [3.8, 4) is 10.7 Å². The number of nitrogens with one attached hydrogen (secondary N) is 1. The molecule has 1 unspecified atom stereocenters. The van der Waals surface area contributed by atoms with Gasteiger partial charge in [-0.2, -0.15) is 0 Å². The molecule has 1 amide bonds. The molecule has 0 aliphatic rings. The van der Waals surface area contributed by atoms with Gasteiger partial charge in [0.05, 0.1) is 16.7 Å². The van der Waals surface area contributed by atoms with Crippen LogP contribution in [0.3, 0.4) is 0 Å². The maximum atomic E-state index is 12.7. The maximum absolute atomic E-state index is 12.7. The number of carbonyl (C=O) groups excluding carboxylic acids is 1. The Hall–Kier alpha value is -3.10. The highest BCUT2D eigenvalue weighted by molar-refractivity contribution is 7.99. The van der Waals surface area contributed by atoms with Gasteiger partial charge in [0.2, 0.25) is 11.1 Å². The van der Waals surface area contributed by atoms with Crippen molar-refractivity contribution in [2.45, 2.75) is 17.6 Å². The summed E-state index contributed by atoms with van der Waals surface area (Å²) in [6, 6.07) is 23.9. The summed E-state index contributed by atoms with van der Waals surface area (Å²) >= 11 is 2.82. The quantitative estimate of drug-likeness (QED) is 0.324. The third-order valence-electron chi connectivity index (χ3n) is 4.56. The number of benzene rings is 2. The van der Waals surface area contributed by atoms with Crippen molar-refractivity contribution in [1.29, 1.82) is 0 Å². The molecule has 4 rings (SSSR count). The highest BCUT2D eigenvalue weighted by Gasteiger charge is 2.18. The SMILES string of the molecule is Nn1c(SCC(=O)NC(Cc2ccccc2)c2ccccc2)nnc1-c1cccs1. The monoisotopic (exact) mass is 435 g/mol. The lowest BCUT2D eigenvalue weighted by atomic mass is 9.99. The van der Waals surface area contributed by atoms with E-state index in [1.54, 1.807) is 11.3 Å². The van der Waals surface area contributed by atoms with Crippen molar-refractivity contribution in [2.75, 3.05) is 11.6 Å². The Labute approximate surface area is 183 Å². The third-order valence-corrected chi connectivity index (χ3v) is 6.37. The summed E-state index contributed by atoms with van der Waals surface area (Å²) in [5.41, 5.74) is 2.24. The summed E-state index contributed by atoms with van der Waals surface area (Å²) in [5.74, 6) is 6.85. The number of thioether (sulfide) groups is 1. The maximum Gasteiger partial charge on any atom is 0.230 e. The zero-order valence-electron chi connectivity index (χ0n) is 16.1. The van der Waals surface area contributed by atoms with Crippen LogP contribution in [0.5, 0.6) is 0 Å². The van der Waals surface area contributed by atoms with Crippen molar-refractivity contribution >= 4 is 29.0 Å². The van der Waals surface area contributed by atoms with E-state index in [1.165, 1.54) is 22.0 Å². The number of rotatable bonds is 8. The second kappa shape index (κ2) is 9.60. The molecule has 0 saturated heterocycles. The average Bonchev–Trinajstić information content (AvgIpc) is 3.43. The van der Waals surface area contributed by atoms with Crippen LogP contribution in [0.2, 0.25) is 0 Å². The van der Waals surface area contributed by atoms with Crippen molar-refractivity contribution in [3.63, 3.8) is 0 Å². The summed E-state index contributed by atoms with van der Waals surface area (Å²) in [4.78, 5) is 13.6. The Morgan fingerprint density at radius 1 is 1.03 bits per heavy atom. The van der Waals surface area contributed by atoms with Gasteiger partial charge in [0.15, 0.2) is 5.82 Å². The van der Waals surface area contributed by atoms with Crippen LogP contribution in [0.15, 0.2) is 83.3 Å². The van der Waals surface area contributed by atoms with E-state index < -0.39 is 0 Å². The van der Waals surface area contributed by atoms with Crippen LogP contribution < -0.4 is 11.2 Å². The minimum absolute atomic E-state index is 0.0783. The van der Waals surface area contributed by atoms with Gasteiger partial charge in [0, 0.05) is 0 Å². The van der Waals surface area contributed by atoms with Gasteiger partial charge in [-0.15, -0.1) is 21.5 Å². The molecule has 0 radical (unpaired) electrons. The molecule has 0 aliphatic carbocycles. The number of hydrogen-bond acceptors (Lipinski definition) is 6. The van der Waals surface area contributed by atoms with Crippen molar-refractivity contribution in [3.05, 3.63) is 89.3 Å². The molecule has 2 aromatic carbocycles. The minimum Gasteiger partial charge on any atom is -0.348 e. The lowest BCUT2D eigenvalue weighted by molar-refractivity contribution is -0.119. The zero-order chi connectivity index (χ0) is 20.8. The molecule has 8 heteroatoms. The van der Waals surface area contributed by atoms with Crippen LogP contribution >= 0.6 is 23.1 Å². The lowest BCUT2D eigenvalue weighted by Gasteiger charge is -2.19. The molecule has 1 atom stereocenters. The van der Waals surface area contributed by atoms with E-state index in [0.717, 1.165) is 16.9 Å². The molecule has 0 bridgehead atoms. The number of nitrogen functional groups attached to an aromatic ring is 1. The second-order valence-corrected chi connectivity index (χ2v) is 8.55. The molecule has 152 valence electrons. The largest absolute Gasteiger partial charge is 0.348 e. The van der Waals surface area contributed by atoms with E-state index in [0.29, 0.717) is 11.0 Å². The average molecular weight is 436 g/mol. The van der Waals surface area contributed by atoms with E-state index in [4.69, 9.17) is 5.84 Å². The first-order valence-corrected chi connectivity index (χ1v) is 11.3. The fourth-order valence-electron chi connectivity index (χ4n) is 3.10. The Kier molecular flexibility index (Phi) is 6.46. The van der Waals surface area contributed by atoms with E-state index in [-0.39, 0.29) is 17.7 Å². The minimum atomic E-state index is -0.112. The van der Waals surface area contributed by atoms with E-state index >= 15 is 0 Å². The molecule has 2 heterocycles. The Balaban J connectivity index is 1.42. The van der Waals surface area contributed by atoms with Gasteiger partial charge in [-0.05, 0) is 29.0 Å². The van der Waals surface area contributed by atoms with Crippen LogP contribution in [0.4, 0.5) is 0 Å². The Morgan fingerprint density at radius 2 is 1.77 bits per heavy atom. The molecule has 0 spiro atoms. The summed E-state index contributed by atoms with van der Waals surface area (Å²) < 4.78 is 1.43. The number of carbonyl (C=O) groups is 1. The van der Waals surface area contributed by atoms with Gasteiger partial charge in [-0.1, -0.05) is 78.5 Å². The van der Waals surface area contributed by atoms with Crippen LogP contribution in [0.25, 0.3) is 10.7 Å². The fraction of sp³-hybridized carbons (Fsp3) is 0.136. The molecule has 0 fully saturated rings.